The number of hydrogen-bond donors (Lipinski definition) is 2. The van der Waals surface area contributed by atoms with Crippen LogP contribution in [0.3, 0.4) is 0 Å². The first-order valence-electron chi connectivity index (χ1n) is 4.16. The van der Waals surface area contributed by atoms with Crippen molar-refractivity contribution in [2.75, 3.05) is 6.61 Å². The molecule has 0 radical (unpaired) electrons. The summed E-state index contributed by atoms with van der Waals surface area (Å²) < 4.78 is 12.9. The van der Waals surface area contributed by atoms with Gasteiger partial charge in [0.1, 0.15) is 11.6 Å². The summed E-state index contributed by atoms with van der Waals surface area (Å²) in [5, 5.41) is 18.4. The Hall–Kier alpha value is -1.09. The molecule has 1 aromatic carbocycles. The SMILES string of the molecule is Cc1cc(F)cc(C(C)CO)c1O. The van der Waals surface area contributed by atoms with Crippen LogP contribution in [0.2, 0.25) is 0 Å². The molecule has 1 atom stereocenters. The van der Waals surface area contributed by atoms with Crippen molar-refractivity contribution < 1.29 is 14.6 Å². The number of aliphatic hydroxyl groups excluding tert-OH is 1. The highest BCUT2D eigenvalue weighted by Gasteiger charge is 2.12. The first-order chi connectivity index (χ1) is 6.06. The van der Waals surface area contributed by atoms with Gasteiger partial charge in [-0.2, -0.15) is 0 Å². The van der Waals surface area contributed by atoms with E-state index in [1.807, 2.05) is 0 Å². The van der Waals surface area contributed by atoms with Crippen LogP contribution in [0, 0.1) is 12.7 Å². The summed E-state index contributed by atoms with van der Waals surface area (Å²) in [6.45, 7) is 3.26. The van der Waals surface area contributed by atoms with Crippen LogP contribution in [0.4, 0.5) is 4.39 Å². The Labute approximate surface area is 76.6 Å². The second-order valence-electron chi connectivity index (χ2n) is 3.24. The summed E-state index contributed by atoms with van der Waals surface area (Å²) in [5.41, 5.74) is 0.954. The number of phenols is 1. The maximum atomic E-state index is 12.9. The topological polar surface area (TPSA) is 40.5 Å². The van der Waals surface area contributed by atoms with Crippen molar-refractivity contribution in [2.24, 2.45) is 0 Å². The largest absolute Gasteiger partial charge is 0.507 e. The highest BCUT2D eigenvalue weighted by molar-refractivity contribution is 5.41. The second-order valence-corrected chi connectivity index (χ2v) is 3.24. The third-order valence-corrected chi connectivity index (χ3v) is 2.10. The van der Waals surface area contributed by atoms with E-state index in [0.29, 0.717) is 11.1 Å². The molecule has 0 aromatic heterocycles. The van der Waals surface area contributed by atoms with Gasteiger partial charge in [0.2, 0.25) is 0 Å². The van der Waals surface area contributed by atoms with Gasteiger partial charge in [-0.15, -0.1) is 0 Å². The van der Waals surface area contributed by atoms with Gasteiger partial charge in [0.05, 0.1) is 0 Å². The van der Waals surface area contributed by atoms with Gasteiger partial charge < -0.3 is 10.2 Å². The van der Waals surface area contributed by atoms with E-state index < -0.39 is 0 Å². The number of phenolic OH excluding ortho intramolecular Hbond substituents is 1. The number of aryl methyl sites for hydroxylation is 1. The quantitative estimate of drug-likeness (QED) is 0.737. The molecule has 0 saturated heterocycles. The first kappa shape index (κ1) is 9.99. The maximum absolute atomic E-state index is 12.9. The van der Waals surface area contributed by atoms with E-state index in [2.05, 4.69) is 0 Å². The predicted molar refractivity (Wildman–Crippen MR) is 48.3 cm³/mol. The van der Waals surface area contributed by atoms with E-state index in [1.165, 1.54) is 12.1 Å². The lowest BCUT2D eigenvalue weighted by molar-refractivity contribution is 0.270. The predicted octanol–water partition coefficient (Wildman–Crippen LogP) is 1.94. The summed E-state index contributed by atoms with van der Waals surface area (Å²) in [7, 11) is 0. The van der Waals surface area contributed by atoms with E-state index in [1.54, 1.807) is 13.8 Å². The van der Waals surface area contributed by atoms with E-state index in [-0.39, 0.29) is 24.1 Å². The number of aliphatic hydroxyl groups is 1. The molecule has 0 aliphatic rings. The van der Waals surface area contributed by atoms with Gasteiger partial charge in [0.25, 0.3) is 0 Å². The molecule has 2 nitrogen and oxygen atoms in total. The summed E-state index contributed by atoms with van der Waals surface area (Å²) in [4.78, 5) is 0. The Morgan fingerprint density at radius 3 is 2.62 bits per heavy atom. The minimum atomic E-state index is -0.384. The van der Waals surface area contributed by atoms with Crippen LogP contribution in [0.5, 0.6) is 5.75 Å². The van der Waals surface area contributed by atoms with Gasteiger partial charge in [-0.3, -0.25) is 0 Å². The lowest BCUT2D eigenvalue weighted by atomic mass is 9.98. The molecule has 0 aliphatic heterocycles. The molecular weight excluding hydrogens is 171 g/mol. The van der Waals surface area contributed by atoms with Crippen LogP contribution in [-0.4, -0.2) is 16.8 Å². The molecule has 13 heavy (non-hydrogen) atoms. The number of halogens is 1. The van der Waals surface area contributed by atoms with Gasteiger partial charge in [-0.05, 0) is 24.6 Å². The number of aromatic hydroxyl groups is 1. The average Bonchev–Trinajstić information content (AvgIpc) is 2.10. The molecule has 0 bridgehead atoms. The Morgan fingerprint density at radius 2 is 2.08 bits per heavy atom. The zero-order valence-corrected chi connectivity index (χ0v) is 7.71. The Morgan fingerprint density at radius 1 is 1.46 bits per heavy atom. The molecule has 0 spiro atoms. The monoisotopic (exact) mass is 184 g/mol. The Kier molecular flexibility index (Phi) is 2.88. The van der Waals surface area contributed by atoms with Crippen LogP contribution >= 0.6 is 0 Å². The molecule has 2 N–H and O–H groups in total. The van der Waals surface area contributed by atoms with Crippen molar-refractivity contribution in [3.8, 4) is 5.75 Å². The minimum Gasteiger partial charge on any atom is -0.507 e. The fraction of sp³-hybridized carbons (Fsp3) is 0.400. The Balaban J connectivity index is 3.20. The van der Waals surface area contributed by atoms with Crippen LogP contribution in [-0.2, 0) is 0 Å². The van der Waals surface area contributed by atoms with Crippen LogP contribution in [0.15, 0.2) is 12.1 Å². The fourth-order valence-electron chi connectivity index (χ4n) is 1.24. The molecule has 0 amide bonds. The van der Waals surface area contributed by atoms with E-state index >= 15 is 0 Å². The zero-order valence-electron chi connectivity index (χ0n) is 7.71. The smallest absolute Gasteiger partial charge is 0.124 e. The third-order valence-electron chi connectivity index (χ3n) is 2.10. The number of hydrogen-bond acceptors (Lipinski definition) is 2. The summed E-state index contributed by atoms with van der Waals surface area (Å²) in [5.74, 6) is -0.553. The standard InChI is InChI=1S/C10H13FO2/c1-6-3-8(11)4-9(10(6)13)7(2)5-12/h3-4,7,12-13H,5H2,1-2H3. The van der Waals surface area contributed by atoms with Crippen molar-refractivity contribution >= 4 is 0 Å². The maximum Gasteiger partial charge on any atom is 0.124 e. The van der Waals surface area contributed by atoms with Crippen molar-refractivity contribution in [2.45, 2.75) is 19.8 Å². The molecular formula is C10H13FO2. The second kappa shape index (κ2) is 3.75. The molecule has 1 rings (SSSR count). The molecule has 0 heterocycles. The molecule has 3 heteroatoms. The van der Waals surface area contributed by atoms with Gasteiger partial charge in [-0.25, -0.2) is 4.39 Å². The lowest BCUT2D eigenvalue weighted by Crippen LogP contribution is -2.00. The normalized spacial score (nSPS) is 12.9. The highest BCUT2D eigenvalue weighted by atomic mass is 19.1. The molecule has 0 aliphatic carbocycles. The van der Waals surface area contributed by atoms with Crippen molar-refractivity contribution in [3.63, 3.8) is 0 Å². The van der Waals surface area contributed by atoms with Crippen LogP contribution in [0.25, 0.3) is 0 Å². The van der Waals surface area contributed by atoms with Gasteiger partial charge in [-0.1, -0.05) is 6.92 Å². The van der Waals surface area contributed by atoms with Crippen molar-refractivity contribution in [1.29, 1.82) is 0 Å². The molecule has 1 unspecified atom stereocenters. The lowest BCUT2D eigenvalue weighted by Gasteiger charge is -2.12. The molecule has 72 valence electrons. The highest BCUT2D eigenvalue weighted by Crippen LogP contribution is 2.29. The summed E-state index contributed by atoms with van der Waals surface area (Å²) in [6.07, 6.45) is 0. The zero-order chi connectivity index (χ0) is 10.0. The Bertz CT molecular complexity index is 310. The summed E-state index contributed by atoms with van der Waals surface area (Å²) in [6, 6.07) is 2.52. The van der Waals surface area contributed by atoms with Gasteiger partial charge in [0, 0.05) is 18.1 Å². The van der Waals surface area contributed by atoms with E-state index in [0.717, 1.165) is 0 Å². The fourth-order valence-corrected chi connectivity index (χ4v) is 1.24. The van der Waals surface area contributed by atoms with Crippen molar-refractivity contribution in [1.82, 2.24) is 0 Å². The molecule has 0 saturated carbocycles. The van der Waals surface area contributed by atoms with E-state index in [9.17, 15) is 9.50 Å². The van der Waals surface area contributed by atoms with Gasteiger partial charge >= 0.3 is 0 Å². The minimum absolute atomic E-state index is 0.0722. The molecule has 0 fully saturated rings. The number of rotatable bonds is 2. The van der Waals surface area contributed by atoms with E-state index in [4.69, 9.17) is 5.11 Å². The van der Waals surface area contributed by atoms with Crippen LogP contribution < -0.4 is 0 Å². The van der Waals surface area contributed by atoms with Crippen LogP contribution in [0.1, 0.15) is 24.0 Å². The van der Waals surface area contributed by atoms with Gasteiger partial charge in [0.15, 0.2) is 0 Å². The van der Waals surface area contributed by atoms with Crippen molar-refractivity contribution in [3.05, 3.63) is 29.1 Å². The first-order valence-corrected chi connectivity index (χ1v) is 4.16. The average molecular weight is 184 g/mol. The summed E-state index contributed by atoms with van der Waals surface area (Å²) >= 11 is 0. The third kappa shape index (κ3) is 1.98. The number of benzene rings is 1. The molecule has 1 aromatic rings.